The summed E-state index contributed by atoms with van der Waals surface area (Å²) < 4.78 is 6.88. The summed E-state index contributed by atoms with van der Waals surface area (Å²) in [4.78, 5) is 29.6. The zero-order valence-corrected chi connectivity index (χ0v) is 14.3. The third kappa shape index (κ3) is 3.20. The van der Waals surface area contributed by atoms with Crippen LogP contribution >= 0.6 is 0 Å². The molecule has 4 rings (SSSR count). The molecule has 1 fully saturated rings. The van der Waals surface area contributed by atoms with E-state index in [1.54, 1.807) is 35.1 Å². The Morgan fingerprint density at radius 3 is 2.77 bits per heavy atom. The number of pyridine rings is 1. The normalized spacial score (nSPS) is 14.6. The lowest BCUT2D eigenvalue weighted by molar-refractivity contribution is 0.0926. The lowest BCUT2D eigenvalue weighted by atomic mass is 10.2. The molecule has 1 aliphatic carbocycles. The van der Waals surface area contributed by atoms with Crippen molar-refractivity contribution >= 4 is 17.3 Å². The van der Waals surface area contributed by atoms with E-state index in [4.69, 9.17) is 4.42 Å². The zero-order valence-electron chi connectivity index (χ0n) is 14.3. The van der Waals surface area contributed by atoms with Gasteiger partial charge in [0.25, 0.3) is 11.8 Å². The Bertz CT molecular complexity index is 924. The van der Waals surface area contributed by atoms with Crippen molar-refractivity contribution in [2.24, 2.45) is 0 Å². The molecule has 0 unspecified atom stereocenters. The summed E-state index contributed by atoms with van der Waals surface area (Å²) in [5.41, 5.74) is 0.828. The molecule has 3 aromatic rings. The second-order valence-corrected chi connectivity index (χ2v) is 6.46. The van der Waals surface area contributed by atoms with E-state index in [9.17, 15) is 9.59 Å². The van der Waals surface area contributed by atoms with Crippen molar-refractivity contribution < 1.29 is 14.0 Å². The van der Waals surface area contributed by atoms with Gasteiger partial charge in [-0.2, -0.15) is 0 Å². The molecule has 134 valence electrons. The Balaban J connectivity index is 1.58. The van der Waals surface area contributed by atoms with E-state index in [0.29, 0.717) is 11.3 Å². The van der Waals surface area contributed by atoms with Crippen molar-refractivity contribution in [3.63, 3.8) is 0 Å². The van der Waals surface area contributed by atoms with Crippen molar-refractivity contribution in [2.45, 2.75) is 38.3 Å². The Labute approximate surface area is 150 Å². The summed E-state index contributed by atoms with van der Waals surface area (Å²) in [6.07, 6.45) is 7.55. The van der Waals surface area contributed by atoms with E-state index < -0.39 is 0 Å². The molecule has 0 saturated heterocycles. The number of imidazole rings is 1. The van der Waals surface area contributed by atoms with Crippen LogP contribution in [0, 0.1) is 0 Å². The third-order valence-electron chi connectivity index (χ3n) is 4.66. The topological polar surface area (TPSA) is 88.6 Å². The van der Waals surface area contributed by atoms with Gasteiger partial charge >= 0.3 is 0 Å². The number of furan rings is 1. The molecule has 3 aromatic heterocycles. The summed E-state index contributed by atoms with van der Waals surface area (Å²) in [6.45, 7) is 0.265. The Kier molecular flexibility index (Phi) is 4.43. The summed E-state index contributed by atoms with van der Waals surface area (Å²) >= 11 is 0. The van der Waals surface area contributed by atoms with Gasteiger partial charge in [-0.05, 0) is 37.1 Å². The minimum absolute atomic E-state index is 0.190. The van der Waals surface area contributed by atoms with Gasteiger partial charge in [-0.1, -0.05) is 18.9 Å². The molecular weight excluding hydrogens is 332 g/mol. The van der Waals surface area contributed by atoms with Crippen LogP contribution in [0.15, 0.2) is 47.2 Å². The maximum atomic E-state index is 12.7. The molecule has 1 saturated carbocycles. The van der Waals surface area contributed by atoms with Gasteiger partial charge in [0.05, 0.1) is 18.3 Å². The van der Waals surface area contributed by atoms with Crippen molar-refractivity contribution in [3.8, 4) is 0 Å². The first-order chi connectivity index (χ1) is 12.7. The maximum Gasteiger partial charge on any atom is 0.287 e. The SMILES string of the molecule is O=C(NCc1ccco1)c1nc(C(=O)NC2CCCC2)n2ccccc12. The van der Waals surface area contributed by atoms with Gasteiger partial charge in [0, 0.05) is 12.2 Å². The van der Waals surface area contributed by atoms with E-state index in [-0.39, 0.29) is 35.9 Å². The van der Waals surface area contributed by atoms with E-state index in [1.807, 2.05) is 12.1 Å². The monoisotopic (exact) mass is 352 g/mol. The van der Waals surface area contributed by atoms with Crippen LogP contribution in [0.3, 0.4) is 0 Å². The minimum Gasteiger partial charge on any atom is -0.467 e. The number of rotatable bonds is 5. The van der Waals surface area contributed by atoms with Gasteiger partial charge < -0.3 is 15.1 Å². The fraction of sp³-hybridized carbons (Fsp3) is 0.316. The molecule has 0 aliphatic heterocycles. The summed E-state index contributed by atoms with van der Waals surface area (Å²) in [6, 6.07) is 9.14. The van der Waals surface area contributed by atoms with Crippen molar-refractivity contribution in [1.82, 2.24) is 20.0 Å². The zero-order chi connectivity index (χ0) is 17.9. The number of hydrogen-bond donors (Lipinski definition) is 2. The Morgan fingerprint density at radius 1 is 1.15 bits per heavy atom. The van der Waals surface area contributed by atoms with Crippen molar-refractivity contribution in [1.29, 1.82) is 0 Å². The van der Waals surface area contributed by atoms with Crippen LogP contribution in [0.25, 0.3) is 5.52 Å². The van der Waals surface area contributed by atoms with E-state index in [2.05, 4.69) is 15.6 Å². The first kappa shape index (κ1) is 16.4. The number of nitrogens with zero attached hydrogens (tertiary/aromatic N) is 2. The van der Waals surface area contributed by atoms with Crippen molar-refractivity contribution in [2.75, 3.05) is 0 Å². The van der Waals surface area contributed by atoms with E-state index >= 15 is 0 Å². The molecule has 1 aliphatic rings. The molecule has 0 atom stereocenters. The number of nitrogens with one attached hydrogen (secondary N) is 2. The Hall–Kier alpha value is -3.09. The number of carbonyl (C=O) groups excluding carboxylic acids is 2. The van der Waals surface area contributed by atoms with Crippen LogP contribution < -0.4 is 10.6 Å². The number of aromatic nitrogens is 2. The average molecular weight is 352 g/mol. The molecule has 2 N–H and O–H groups in total. The molecule has 2 amide bonds. The average Bonchev–Trinajstić information content (AvgIpc) is 3.40. The van der Waals surface area contributed by atoms with Gasteiger partial charge in [0.2, 0.25) is 5.82 Å². The highest BCUT2D eigenvalue weighted by atomic mass is 16.3. The molecule has 26 heavy (non-hydrogen) atoms. The van der Waals surface area contributed by atoms with Gasteiger partial charge in [-0.25, -0.2) is 4.98 Å². The number of hydrogen-bond acceptors (Lipinski definition) is 4. The van der Waals surface area contributed by atoms with Gasteiger partial charge in [-0.3, -0.25) is 14.0 Å². The van der Waals surface area contributed by atoms with Crippen LogP contribution in [0.2, 0.25) is 0 Å². The molecule has 0 spiro atoms. The van der Waals surface area contributed by atoms with Crippen LogP contribution in [-0.2, 0) is 6.54 Å². The van der Waals surface area contributed by atoms with E-state index in [0.717, 1.165) is 25.7 Å². The molecule has 0 radical (unpaired) electrons. The third-order valence-corrected chi connectivity index (χ3v) is 4.66. The van der Waals surface area contributed by atoms with Crippen LogP contribution in [0.1, 0.15) is 52.6 Å². The fourth-order valence-electron chi connectivity index (χ4n) is 3.35. The summed E-state index contributed by atoms with van der Waals surface area (Å²) in [7, 11) is 0. The second-order valence-electron chi connectivity index (χ2n) is 6.46. The molecule has 0 bridgehead atoms. The quantitative estimate of drug-likeness (QED) is 0.738. The predicted octanol–water partition coefficient (Wildman–Crippen LogP) is 2.53. The van der Waals surface area contributed by atoms with Crippen LogP contribution in [0.4, 0.5) is 0 Å². The minimum atomic E-state index is -0.343. The Morgan fingerprint density at radius 2 is 2.00 bits per heavy atom. The summed E-state index contributed by atoms with van der Waals surface area (Å²) in [5, 5.41) is 5.80. The second kappa shape index (κ2) is 7.03. The smallest absolute Gasteiger partial charge is 0.287 e. The maximum absolute atomic E-state index is 12.7. The molecular formula is C19H20N4O3. The molecule has 3 heterocycles. The van der Waals surface area contributed by atoms with Crippen LogP contribution in [0.5, 0.6) is 0 Å². The highest BCUT2D eigenvalue weighted by molar-refractivity contribution is 6.02. The van der Waals surface area contributed by atoms with Gasteiger partial charge in [-0.15, -0.1) is 0 Å². The number of fused-ring (bicyclic) bond motifs is 1. The van der Waals surface area contributed by atoms with Crippen molar-refractivity contribution in [3.05, 3.63) is 60.1 Å². The molecule has 7 nitrogen and oxygen atoms in total. The largest absolute Gasteiger partial charge is 0.467 e. The summed E-state index contributed by atoms with van der Waals surface area (Å²) in [5.74, 6) is 0.296. The lowest BCUT2D eigenvalue weighted by Crippen LogP contribution is -2.34. The fourth-order valence-corrected chi connectivity index (χ4v) is 3.35. The highest BCUT2D eigenvalue weighted by Gasteiger charge is 2.24. The van der Waals surface area contributed by atoms with Crippen LogP contribution in [-0.4, -0.2) is 27.2 Å². The first-order valence-corrected chi connectivity index (χ1v) is 8.81. The predicted molar refractivity (Wildman–Crippen MR) is 94.8 cm³/mol. The molecule has 0 aromatic carbocycles. The number of carbonyl (C=O) groups is 2. The van der Waals surface area contributed by atoms with Gasteiger partial charge in [0.15, 0.2) is 5.69 Å². The standard InChI is InChI=1S/C19H20N4O3/c24-18(20-12-14-8-5-11-26-14)16-15-9-3-4-10-23(15)17(22-16)19(25)21-13-6-1-2-7-13/h3-5,8-11,13H,1-2,6-7,12H2,(H,20,24)(H,21,25). The highest BCUT2D eigenvalue weighted by Crippen LogP contribution is 2.19. The van der Waals surface area contributed by atoms with E-state index in [1.165, 1.54) is 0 Å². The molecule has 7 heteroatoms. The first-order valence-electron chi connectivity index (χ1n) is 8.81. The lowest BCUT2D eigenvalue weighted by Gasteiger charge is -2.10. The van der Waals surface area contributed by atoms with Gasteiger partial charge in [0.1, 0.15) is 5.76 Å². The number of amides is 2.